The van der Waals surface area contributed by atoms with Crippen molar-refractivity contribution < 1.29 is 4.74 Å². The Morgan fingerprint density at radius 1 is 1.00 bits per heavy atom. The summed E-state index contributed by atoms with van der Waals surface area (Å²) in [5, 5.41) is 13.0. The van der Waals surface area contributed by atoms with Crippen molar-refractivity contribution in [3.05, 3.63) is 53.5 Å². The number of aromatic nitrogens is 3. The monoisotopic (exact) mass is 484 g/mol. The highest BCUT2D eigenvalue weighted by Gasteiger charge is 2.30. The maximum absolute atomic E-state index is 9.48. The number of morpholine rings is 1. The zero-order valence-electron chi connectivity index (χ0n) is 20.9. The Morgan fingerprint density at radius 2 is 1.81 bits per heavy atom. The van der Waals surface area contributed by atoms with Crippen LogP contribution < -0.4 is 15.1 Å². The van der Waals surface area contributed by atoms with Crippen LogP contribution in [0.3, 0.4) is 0 Å². The van der Waals surface area contributed by atoms with Gasteiger partial charge in [-0.25, -0.2) is 4.98 Å². The number of nitrogens with one attached hydrogen (secondary N) is 1. The molecule has 0 bridgehead atoms. The van der Waals surface area contributed by atoms with Crippen LogP contribution in [0.4, 0.5) is 11.5 Å². The highest BCUT2D eigenvalue weighted by Crippen LogP contribution is 2.29. The van der Waals surface area contributed by atoms with E-state index < -0.39 is 0 Å². The van der Waals surface area contributed by atoms with E-state index in [4.69, 9.17) is 9.72 Å². The van der Waals surface area contributed by atoms with Gasteiger partial charge in [0.1, 0.15) is 22.9 Å². The van der Waals surface area contributed by atoms with Crippen LogP contribution in [0.1, 0.15) is 36.7 Å². The minimum absolute atomic E-state index is 0.105. The smallest absolute Gasteiger partial charge is 0.128 e. The predicted octanol–water partition coefficient (Wildman–Crippen LogP) is 2.48. The van der Waals surface area contributed by atoms with Crippen LogP contribution in [0.2, 0.25) is 0 Å². The molecular formula is C27H32N8O. The Morgan fingerprint density at radius 3 is 2.61 bits per heavy atom. The van der Waals surface area contributed by atoms with Crippen molar-refractivity contribution in [1.82, 2.24) is 25.2 Å². The van der Waals surface area contributed by atoms with Crippen molar-refractivity contribution in [1.29, 1.82) is 5.26 Å². The average molecular weight is 485 g/mol. The fourth-order valence-electron chi connectivity index (χ4n) is 5.75. The molecule has 0 amide bonds. The number of fused-ring (bicyclic) bond motifs is 2. The largest absolute Gasteiger partial charge is 0.370 e. The van der Waals surface area contributed by atoms with Crippen LogP contribution >= 0.6 is 0 Å². The van der Waals surface area contributed by atoms with E-state index in [1.54, 1.807) is 12.4 Å². The van der Waals surface area contributed by atoms with Gasteiger partial charge in [-0.05, 0) is 37.6 Å². The Labute approximate surface area is 211 Å². The van der Waals surface area contributed by atoms with Crippen LogP contribution in [0.15, 0.2) is 36.7 Å². The van der Waals surface area contributed by atoms with E-state index in [1.165, 1.54) is 11.3 Å². The van der Waals surface area contributed by atoms with Crippen LogP contribution in [-0.2, 0) is 11.3 Å². The van der Waals surface area contributed by atoms with Crippen molar-refractivity contribution in [2.45, 2.75) is 38.6 Å². The molecule has 0 aliphatic carbocycles. The van der Waals surface area contributed by atoms with Gasteiger partial charge in [-0.3, -0.25) is 14.9 Å². The SMILES string of the molecule is CC1CN(c2ccc(C#N)c3nccnc23)CC(CN2CCN(c3ccc4c(n3)CN[C@@H]4C)CC2)O1. The summed E-state index contributed by atoms with van der Waals surface area (Å²) in [6.45, 7) is 11.6. The van der Waals surface area contributed by atoms with Gasteiger partial charge in [0, 0.05) is 70.8 Å². The van der Waals surface area contributed by atoms with Crippen LogP contribution in [0.5, 0.6) is 0 Å². The maximum atomic E-state index is 9.48. The molecule has 0 spiro atoms. The zero-order chi connectivity index (χ0) is 24.6. The van der Waals surface area contributed by atoms with Crippen LogP contribution in [0.25, 0.3) is 11.0 Å². The lowest BCUT2D eigenvalue weighted by molar-refractivity contribution is -0.0327. The minimum Gasteiger partial charge on any atom is -0.370 e. The summed E-state index contributed by atoms with van der Waals surface area (Å²) in [5.74, 6) is 1.09. The van der Waals surface area contributed by atoms with Gasteiger partial charge in [0.05, 0.1) is 29.2 Å². The molecule has 3 atom stereocenters. The Kier molecular flexibility index (Phi) is 6.17. The van der Waals surface area contributed by atoms with E-state index in [-0.39, 0.29) is 12.2 Å². The first-order valence-corrected chi connectivity index (χ1v) is 12.8. The number of anilines is 2. The molecule has 9 heteroatoms. The van der Waals surface area contributed by atoms with Gasteiger partial charge in [-0.1, -0.05) is 6.07 Å². The van der Waals surface area contributed by atoms with Gasteiger partial charge < -0.3 is 19.9 Å². The molecule has 0 saturated carbocycles. The molecule has 2 unspecified atom stereocenters. The highest BCUT2D eigenvalue weighted by molar-refractivity contribution is 5.92. The zero-order valence-corrected chi connectivity index (χ0v) is 20.9. The number of benzene rings is 1. The minimum atomic E-state index is 0.105. The van der Waals surface area contributed by atoms with Gasteiger partial charge in [-0.15, -0.1) is 0 Å². The summed E-state index contributed by atoms with van der Waals surface area (Å²) >= 11 is 0. The standard InChI is InChI=1S/C27H32N8O/c1-18-15-35(24-5-3-20(13-28)26-27(24)30-8-7-29-26)17-21(36-18)16-33-9-11-34(12-10-33)25-6-4-22-19(2)31-14-23(22)32-25/h3-8,18-19,21,31H,9-12,14-17H2,1-2H3/t18?,19-,21?/m1/s1. The lowest BCUT2D eigenvalue weighted by atomic mass is 10.1. The first kappa shape index (κ1) is 23.1. The van der Waals surface area contributed by atoms with Crippen molar-refractivity contribution in [2.75, 3.05) is 55.6 Å². The van der Waals surface area contributed by atoms with E-state index in [0.29, 0.717) is 17.1 Å². The molecule has 3 aliphatic rings. The molecule has 0 radical (unpaired) electrons. The molecule has 6 rings (SSSR count). The van der Waals surface area contributed by atoms with Crippen molar-refractivity contribution in [2.24, 2.45) is 0 Å². The Bertz CT molecular complexity index is 1300. The van der Waals surface area contributed by atoms with Gasteiger partial charge >= 0.3 is 0 Å². The van der Waals surface area contributed by atoms with Crippen LogP contribution in [-0.4, -0.2) is 77.9 Å². The lowest BCUT2D eigenvalue weighted by Crippen LogP contribution is -2.54. The Balaban J connectivity index is 1.11. The second kappa shape index (κ2) is 9.62. The topological polar surface area (TPSA) is 93.4 Å². The highest BCUT2D eigenvalue weighted by atomic mass is 16.5. The molecule has 5 heterocycles. The predicted molar refractivity (Wildman–Crippen MR) is 139 cm³/mol. The molecule has 2 fully saturated rings. The first-order chi connectivity index (χ1) is 17.6. The number of ether oxygens (including phenoxy) is 1. The molecule has 1 aromatic carbocycles. The third-order valence-electron chi connectivity index (χ3n) is 7.59. The lowest BCUT2D eigenvalue weighted by Gasteiger charge is -2.42. The van der Waals surface area contributed by atoms with Gasteiger partial charge in [0.2, 0.25) is 0 Å². The number of pyridine rings is 1. The summed E-state index contributed by atoms with van der Waals surface area (Å²) in [7, 11) is 0. The quantitative estimate of drug-likeness (QED) is 0.599. The van der Waals surface area contributed by atoms with Crippen LogP contribution in [0, 0.1) is 11.3 Å². The molecule has 3 aromatic rings. The number of nitrogens with zero attached hydrogens (tertiary/aromatic N) is 7. The second-order valence-electron chi connectivity index (χ2n) is 10.1. The van der Waals surface area contributed by atoms with Gasteiger partial charge in [-0.2, -0.15) is 5.26 Å². The molecule has 36 heavy (non-hydrogen) atoms. The molecule has 1 N–H and O–H groups in total. The van der Waals surface area contributed by atoms with Gasteiger partial charge in [0.25, 0.3) is 0 Å². The molecule has 186 valence electrons. The number of nitriles is 1. The third kappa shape index (κ3) is 4.37. The summed E-state index contributed by atoms with van der Waals surface area (Å²) in [5.41, 5.74) is 5.53. The molecule has 2 saturated heterocycles. The molecule has 3 aliphatic heterocycles. The normalized spacial score (nSPS) is 24.6. The first-order valence-electron chi connectivity index (χ1n) is 12.8. The van der Waals surface area contributed by atoms with E-state index in [2.05, 4.69) is 62.0 Å². The number of piperazine rings is 1. The maximum Gasteiger partial charge on any atom is 0.128 e. The summed E-state index contributed by atoms with van der Waals surface area (Å²) in [6, 6.07) is 10.9. The van der Waals surface area contributed by atoms with E-state index in [9.17, 15) is 5.26 Å². The average Bonchev–Trinajstić information content (AvgIpc) is 3.28. The number of rotatable bonds is 4. The van der Waals surface area contributed by atoms with E-state index in [1.807, 2.05) is 12.1 Å². The number of hydrogen-bond acceptors (Lipinski definition) is 9. The van der Waals surface area contributed by atoms with E-state index in [0.717, 1.165) is 69.4 Å². The molecule has 9 nitrogen and oxygen atoms in total. The summed E-state index contributed by atoms with van der Waals surface area (Å²) < 4.78 is 6.37. The molecule has 2 aromatic heterocycles. The van der Waals surface area contributed by atoms with Crippen molar-refractivity contribution >= 4 is 22.5 Å². The fourth-order valence-corrected chi connectivity index (χ4v) is 5.75. The van der Waals surface area contributed by atoms with Crippen molar-refractivity contribution in [3.8, 4) is 6.07 Å². The second-order valence-corrected chi connectivity index (χ2v) is 10.1. The Hall–Kier alpha value is -3.32. The number of hydrogen-bond donors (Lipinski definition) is 1. The summed E-state index contributed by atoms with van der Waals surface area (Å²) in [6.07, 6.45) is 3.56. The molecular weight excluding hydrogens is 452 g/mol. The van der Waals surface area contributed by atoms with Gasteiger partial charge in [0.15, 0.2) is 0 Å². The summed E-state index contributed by atoms with van der Waals surface area (Å²) in [4.78, 5) is 21.2. The fraction of sp³-hybridized carbons (Fsp3) is 0.481. The van der Waals surface area contributed by atoms with E-state index >= 15 is 0 Å². The third-order valence-corrected chi connectivity index (χ3v) is 7.59. The van der Waals surface area contributed by atoms with Crippen molar-refractivity contribution in [3.63, 3.8) is 0 Å².